The van der Waals surface area contributed by atoms with Crippen LogP contribution in [0.1, 0.15) is 0 Å². The standard InChI is InChI=1S/C46H30N4/c1-4-14-31(15-5-1)32-24-26-34(27-25-32)41-30-40(33-16-6-2-7-17-33)47-46(48-41)50-43-23-13-11-21-37(43)39-29-28-38-36-20-10-12-22-42(36)49(44(38)45(39)50)35-18-8-3-9-19-35/h1-30H. The van der Waals surface area contributed by atoms with Crippen molar-refractivity contribution in [3.05, 3.63) is 182 Å². The van der Waals surface area contributed by atoms with Crippen LogP contribution >= 0.6 is 0 Å². The van der Waals surface area contributed by atoms with E-state index in [2.05, 4.69) is 179 Å². The van der Waals surface area contributed by atoms with Crippen LogP contribution in [0.4, 0.5) is 0 Å². The lowest BCUT2D eigenvalue weighted by Crippen LogP contribution is -2.05. The molecule has 0 aliphatic rings. The fourth-order valence-corrected chi connectivity index (χ4v) is 7.46. The first-order valence-electron chi connectivity index (χ1n) is 16.9. The average Bonchev–Trinajstić information content (AvgIpc) is 3.72. The van der Waals surface area contributed by atoms with Crippen molar-refractivity contribution in [1.82, 2.24) is 19.1 Å². The van der Waals surface area contributed by atoms with Crippen LogP contribution < -0.4 is 0 Å². The molecule has 0 aliphatic heterocycles. The summed E-state index contributed by atoms with van der Waals surface area (Å²) in [5.74, 6) is 0.636. The van der Waals surface area contributed by atoms with Gasteiger partial charge in [0, 0.05) is 38.4 Å². The zero-order valence-electron chi connectivity index (χ0n) is 27.1. The summed E-state index contributed by atoms with van der Waals surface area (Å²) in [4.78, 5) is 10.7. The van der Waals surface area contributed by atoms with Gasteiger partial charge in [0.2, 0.25) is 5.95 Å². The first-order chi connectivity index (χ1) is 24.8. The van der Waals surface area contributed by atoms with E-state index in [1.54, 1.807) is 0 Å². The largest absolute Gasteiger partial charge is 0.307 e. The van der Waals surface area contributed by atoms with Gasteiger partial charge in [-0.05, 0) is 41.5 Å². The van der Waals surface area contributed by atoms with E-state index in [0.29, 0.717) is 5.95 Å². The molecule has 10 rings (SSSR count). The molecule has 0 N–H and O–H groups in total. The summed E-state index contributed by atoms with van der Waals surface area (Å²) in [6.45, 7) is 0. The number of para-hydroxylation sites is 3. The monoisotopic (exact) mass is 638 g/mol. The van der Waals surface area contributed by atoms with Crippen molar-refractivity contribution in [3.63, 3.8) is 0 Å². The molecular formula is C46H30N4. The Kier molecular flexibility index (Phi) is 6.46. The van der Waals surface area contributed by atoms with Crippen LogP contribution in [0.2, 0.25) is 0 Å². The van der Waals surface area contributed by atoms with Gasteiger partial charge < -0.3 is 4.57 Å². The van der Waals surface area contributed by atoms with Gasteiger partial charge in [-0.15, -0.1) is 0 Å². The highest BCUT2D eigenvalue weighted by molar-refractivity contribution is 6.23. The predicted molar refractivity (Wildman–Crippen MR) is 207 cm³/mol. The van der Waals surface area contributed by atoms with Crippen LogP contribution in [0, 0.1) is 0 Å². The molecule has 50 heavy (non-hydrogen) atoms. The Hall–Kier alpha value is -6.78. The number of nitrogens with zero attached hydrogens (tertiary/aromatic N) is 4. The van der Waals surface area contributed by atoms with E-state index in [1.807, 2.05) is 12.1 Å². The molecule has 10 aromatic rings. The molecule has 234 valence electrons. The molecule has 0 aliphatic carbocycles. The number of rotatable bonds is 5. The first kappa shape index (κ1) is 28.3. The Balaban J connectivity index is 1.30. The van der Waals surface area contributed by atoms with Gasteiger partial charge in [-0.3, -0.25) is 4.57 Å². The summed E-state index contributed by atoms with van der Waals surface area (Å²) in [5, 5.41) is 4.73. The third kappa shape index (κ3) is 4.46. The second kappa shape index (κ2) is 11.4. The normalized spacial score (nSPS) is 11.6. The third-order valence-corrected chi connectivity index (χ3v) is 9.75. The molecule has 0 fully saturated rings. The van der Waals surface area contributed by atoms with Crippen molar-refractivity contribution < 1.29 is 0 Å². The van der Waals surface area contributed by atoms with Crippen LogP contribution in [0.25, 0.3) is 88.9 Å². The second-order valence-corrected chi connectivity index (χ2v) is 12.6. The van der Waals surface area contributed by atoms with Gasteiger partial charge in [0.1, 0.15) is 0 Å². The summed E-state index contributed by atoms with van der Waals surface area (Å²) in [7, 11) is 0. The number of hydrogen-bond donors (Lipinski definition) is 0. The third-order valence-electron chi connectivity index (χ3n) is 9.75. The second-order valence-electron chi connectivity index (χ2n) is 12.6. The summed E-state index contributed by atoms with van der Waals surface area (Å²) in [6, 6.07) is 64.2. The van der Waals surface area contributed by atoms with E-state index in [1.165, 1.54) is 21.9 Å². The maximum Gasteiger partial charge on any atom is 0.235 e. The number of aromatic nitrogens is 4. The van der Waals surface area contributed by atoms with Gasteiger partial charge in [0.25, 0.3) is 0 Å². The SMILES string of the molecule is c1ccc(-c2ccc(-c3cc(-c4ccccc4)nc(-n4c5ccccc5c5ccc6c7ccccc7n(-c7ccccc7)c6c54)n3)cc2)cc1. The van der Waals surface area contributed by atoms with Crippen LogP contribution in [0.15, 0.2) is 182 Å². The van der Waals surface area contributed by atoms with Crippen molar-refractivity contribution in [2.75, 3.05) is 0 Å². The topological polar surface area (TPSA) is 35.6 Å². The van der Waals surface area contributed by atoms with Gasteiger partial charge >= 0.3 is 0 Å². The number of benzene rings is 7. The quantitative estimate of drug-likeness (QED) is 0.188. The van der Waals surface area contributed by atoms with Gasteiger partial charge in [0.05, 0.1) is 33.5 Å². The van der Waals surface area contributed by atoms with Gasteiger partial charge in [-0.1, -0.05) is 152 Å². The summed E-state index contributed by atoms with van der Waals surface area (Å²) in [6.07, 6.45) is 0. The van der Waals surface area contributed by atoms with Gasteiger partial charge in [-0.2, -0.15) is 0 Å². The molecule has 0 saturated heterocycles. The van der Waals surface area contributed by atoms with Crippen LogP contribution in [-0.2, 0) is 0 Å². The van der Waals surface area contributed by atoms with Crippen molar-refractivity contribution in [2.24, 2.45) is 0 Å². The maximum atomic E-state index is 5.38. The highest BCUT2D eigenvalue weighted by Gasteiger charge is 2.23. The molecule has 7 aromatic carbocycles. The molecule has 0 saturated carbocycles. The smallest absolute Gasteiger partial charge is 0.235 e. The van der Waals surface area contributed by atoms with Crippen molar-refractivity contribution in [1.29, 1.82) is 0 Å². The zero-order valence-corrected chi connectivity index (χ0v) is 27.1. The minimum atomic E-state index is 0.636. The Morgan fingerprint density at radius 3 is 1.34 bits per heavy atom. The Bertz CT molecular complexity index is 2830. The van der Waals surface area contributed by atoms with E-state index in [9.17, 15) is 0 Å². The lowest BCUT2D eigenvalue weighted by atomic mass is 10.0. The molecule has 3 heterocycles. The van der Waals surface area contributed by atoms with Crippen LogP contribution in [0.3, 0.4) is 0 Å². The number of fused-ring (bicyclic) bond motifs is 7. The molecular weight excluding hydrogens is 609 g/mol. The summed E-state index contributed by atoms with van der Waals surface area (Å²) >= 11 is 0. The Labute approximate surface area is 289 Å². The van der Waals surface area contributed by atoms with E-state index < -0.39 is 0 Å². The van der Waals surface area contributed by atoms with Crippen molar-refractivity contribution >= 4 is 43.6 Å². The fraction of sp³-hybridized carbons (Fsp3) is 0. The average molecular weight is 639 g/mol. The van der Waals surface area contributed by atoms with Crippen molar-refractivity contribution in [2.45, 2.75) is 0 Å². The maximum absolute atomic E-state index is 5.38. The minimum absolute atomic E-state index is 0.636. The molecule has 0 radical (unpaired) electrons. The lowest BCUT2D eigenvalue weighted by molar-refractivity contribution is 0.995. The Morgan fingerprint density at radius 2 is 0.740 bits per heavy atom. The van der Waals surface area contributed by atoms with E-state index in [0.717, 1.165) is 61.0 Å². The molecule has 0 unspecified atom stereocenters. The molecule has 0 spiro atoms. The molecule has 3 aromatic heterocycles. The van der Waals surface area contributed by atoms with Crippen LogP contribution in [0.5, 0.6) is 0 Å². The van der Waals surface area contributed by atoms with E-state index in [4.69, 9.17) is 9.97 Å². The highest BCUT2D eigenvalue weighted by atomic mass is 15.2. The van der Waals surface area contributed by atoms with E-state index in [-0.39, 0.29) is 0 Å². The fourth-order valence-electron chi connectivity index (χ4n) is 7.46. The van der Waals surface area contributed by atoms with Gasteiger partial charge in [0.15, 0.2) is 0 Å². The highest BCUT2D eigenvalue weighted by Crippen LogP contribution is 2.41. The van der Waals surface area contributed by atoms with Crippen molar-refractivity contribution in [3.8, 4) is 45.3 Å². The minimum Gasteiger partial charge on any atom is -0.307 e. The zero-order chi connectivity index (χ0) is 33.0. The lowest BCUT2D eigenvalue weighted by Gasteiger charge is -2.14. The van der Waals surface area contributed by atoms with Crippen LogP contribution in [-0.4, -0.2) is 19.1 Å². The first-order valence-corrected chi connectivity index (χ1v) is 16.9. The van der Waals surface area contributed by atoms with E-state index >= 15 is 0 Å². The number of hydrogen-bond acceptors (Lipinski definition) is 2. The molecule has 4 nitrogen and oxygen atoms in total. The molecule has 0 atom stereocenters. The summed E-state index contributed by atoms with van der Waals surface area (Å²) in [5.41, 5.74) is 11.7. The van der Waals surface area contributed by atoms with Gasteiger partial charge in [-0.25, -0.2) is 9.97 Å². The molecule has 0 amide bonds. The molecule has 4 heteroatoms. The predicted octanol–water partition coefficient (Wildman–Crippen LogP) is 11.7. The summed E-state index contributed by atoms with van der Waals surface area (Å²) < 4.78 is 4.67. The molecule has 0 bridgehead atoms. The Morgan fingerprint density at radius 1 is 0.320 bits per heavy atom.